The number of hydrogen-bond acceptors (Lipinski definition) is 6. The van der Waals surface area contributed by atoms with Crippen LogP contribution in [0.3, 0.4) is 0 Å². The van der Waals surface area contributed by atoms with E-state index in [1.165, 1.54) is 0 Å². The van der Waals surface area contributed by atoms with E-state index in [-0.39, 0.29) is 22.7 Å². The molecular formula is C24H27N5O3S. The van der Waals surface area contributed by atoms with E-state index < -0.39 is 10.8 Å². The first-order chi connectivity index (χ1) is 15.7. The van der Waals surface area contributed by atoms with E-state index in [1.807, 2.05) is 32.9 Å². The van der Waals surface area contributed by atoms with Gasteiger partial charge in [0.25, 0.3) is 5.56 Å². The summed E-state index contributed by atoms with van der Waals surface area (Å²) in [6, 6.07) is 10.9. The molecule has 9 heteroatoms. The van der Waals surface area contributed by atoms with Crippen molar-refractivity contribution < 1.29 is 9.59 Å². The number of aromatic amines is 1. The zero-order chi connectivity index (χ0) is 24.1. The van der Waals surface area contributed by atoms with Gasteiger partial charge >= 0.3 is 0 Å². The van der Waals surface area contributed by atoms with Gasteiger partial charge in [-0.25, -0.2) is 0 Å². The summed E-state index contributed by atoms with van der Waals surface area (Å²) in [7, 11) is 0. The summed E-state index contributed by atoms with van der Waals surface area (Å²) < 4.78 is 0. The maximum Gasteiger partial charge on any atom is 0.278 e. The van der Waals surface area contributed by atoms with E-state index in [0.717, 1.165) is 34.1 Å². The van der Waals surface area contributed by atoms with Gasteiger partial charge in [-0.3, -0.25) is 19.4 Å². The number of thioether (sulfide) groups is 1. The van der Waals surface area contributed by atoms with E-state index in [1.54, 1.807) is 38.1 Å². The molecule has 0 saturated carbocycles. The molecular weight excluding hydrogens is 438 g/mol. The predicted molar refractivity (Wildman–Crippen MR) is 132 cm³/mol. The average molecular weight is 466 g/mol. The van der Waals surface area contributed by atoms with Crippen LogP contribution >= 0.6 is 11.8 Å². The molecule has 0 aliphatic heterocycles. The molecule has 0 aliphatic rings. The maximum absolute atomic E-state index is 12.7. The molecule has 0 fully saturated rings. The van der Waals surface area contributed by atoms with Gasteiger partial charge in [0.15, 0.2) is 10.9 Å². The van der Waals surface area contributed by atoms with Crippen molar-refractivity contribution in [2.45, 2.75) is 51.4 Å². The van der Waals surface area contributed by atoms with Crippen LogP contribution in [-0.2, 0) is 9.59 Å². The van der Waals surface area contributed by atoms with Crippen LogP contribution in [0.2, 0.25) is 0 Å². The van der Waals surface area contributed by atoms with Crippen molar-refractivity contribution in [2.24, 2.45) is 0 Å². The Morgan fingerprint density at radius 2 is 1.73 bits per heavy atom. The fourth-order valence-corrected chi connectivity index (χ4v) is 4.15. The topological polar surface area (TPSA) is 117 Å². The molecule has 0 radical (unpaired) electrons. The first-order valence-corrected chi connectivity index (χ1v) is 11.5. The van der Waals surface area contributed by atoms with E-state index in [4.69, 9.17) is 0 Å². The smallest absolute Gasteiger partial charge is 0.278 e. The van der Waals surface area contributed by atoms with Crippen molar-refractivity contribution in [3.8, 4) is 11.3 Å². The van der Waals surface area contributed by atoms with Crippen molar-refractivity contribution in [1.29, 1.82) is 0 Å². The summed E-state index contributed by atoms with van der Waals surface area (Å²) in [6.07, 6.45) is 0.313. The Morgan fingerprint density at radius 3 is 2.36 bits per heavy atom. The normalized spacial score (nSPS) is 11.7. The first-order valence-electron chi connectivity index (χ1n) is 10.6. The second-order valence-electron chi connectivity index (χ2n) is 7.78. The third kappa shape index (κ3) is 5.87. The van der Waals surface area contributed by atoms with Gasteiger partial charge in [0.05, 0.1) is 10.9 Å². The molecule has 0 aliphatic carbocycles. The fraction of sp³-hybridized carbons (Fsp3) is 0.292. The Hall–Kier alpha value is -3.46. The number of aryl methyl sites for hydroxylation is 3. The van der Waals surface area contributed by atoms with Crippen LogP contribution in [0.25, 0.3) is 11.3 Å². The monoisotopic (exact) mass is 465 g/mol. The number of nitrogens with one attached hydrogen (secondary N) is 3. The molecule has 1 aromatic heterocycles. The number of carbonyl (C=O) groups is 2. The van der Waals surface area contributed by atoms with E-state index in [9.17, 15) is 14.4 Å². The Bertz CT molecular complexity index is 1230. The lowest BCUT2D eigenvalue weighted by Crippen LogP contribution is -2.24. The Balaban J connectivity index is 1.77. The van der Waals surface area contributed by atoms with Gasteiger partial charge in [-0.2, -0.15) is 0 Å². The highest BCUT2D eigenvalue weighted by atomic mass is 32.2. The number of H-pyrrole nitrogens is 1. The Labute approximate surface area is 196 Å². The Morgan fingerprint density at radius 1 is 1.06 bits per heavy atom. The number of anilines is 2. The van der Waals surface area contributed by atoms with Crippen LogP contribution in [0.4, 0.5) is 11.4 Å². The van der Waals surface area contributed by atoms with Gasteiger partial charge in [0.2, 0.25) is 11.8 Å². The standard InChI is InChI=1S/C24H27N5O3S/c1-6-19(30)25-18-10-8-7-9-17(18)21-23(32)27-24(29-28-21)33-16(5)22(31)26-20-14(3)11-13(2)12-15(20)4/h7-12,16H,6H2,1-5H3,(H,25,30)(H,26,31)(H,27,29,32). The number of aromatic nitrogens is 3. The third-order valence-electron chi connectivity index (χ3n) is 5.04. The summed E-state index contributed by atoms with van der Waals surface area (Å²) in [6.45, 7) is 9.41. The van der Waals surface area contributed by atoms with Crippen molar-refractivity contribution in [2.75, 3.05) is 10.6 Å². The molecule has 3 N–H and O–H groups in total. The van der Waals surface area contributed by atoms with Crippen LogP contribution in [-0.4, -0.2) is 32.2 Å². The molecule has 33 heavy (non-hydrogen) atoms. The summed E-state index contributed by atoms with van der Waals surface area (Å²) in [5.41, 5.74) is 4.50. The minimum atomic E-state index is -0.517. The molecule has 0 bridgehead atoms. The highest BCUT2D eigenvalue weighted by molar-refractivity contribution is 8.00. The zero-order valence-corrected chi connectivity index (χ0v) is 20.1. The molecule has 1 heterocycles. The van der Waals surface area contributed by atoms with Gasteiger partial charge in [-0.15, -0.1) is 10.2 Å². The quantitative estimate of drug-likeness (QED) is 0.450. The van der Waals surface area contributed by atoms with Gasteiger partial charge in [-0.1, -0.05) is 54.6 Å². The third-order valence-corrected chi connectivity index (χ3v) is 6.01. The zero-order valence-electron chi connectivity index (χ0n) is 19.3. The molecule has 1 unspecified atom stereocenters. The molecule has 2 aromatic carbocycles. The van der Waals surface area contributed by atoms with Crippen molar-refractivity contribution in [3.63, 3.8) is 0 Å². The lowest BCUT2D eigenvalue weighted by atomic mass is 10.1. The van der Waals surface area contributed by atoms with Crippen LogP contribution in [0.15, 0.2) is 46.3 Å². The number of carbonyl (C=O) groups excluding carboxylic acids is 2. The van der Waals surface area contributed by atoms with Crippen molar-refractivity contribution in [1.82, 2.24) is 15.2 Å². The first kappa shape index (κ1) is 24.2. The minimum Gasteiger partial charge on any atom is -0.325 e. The van der Waals surface area contributed by atoms with Crippen LogP contribution in [0.5, 0.6) is 0 Å². The lowest BCUT2D eigenvalue weighted by molar-refractivity contribution is -0.116. The highest BCUT2D eigenvalue weighted by Gasteiger charge is 2.19. The average Bonchev–Trinajstić information content (AvgIpc) is 2.76. The number of para-hydroxylation sites is 1. The largest absolute Gasteiger partial charge is 0.325 e. The van der Waals surface area contributed by atoms with Crippen LogP contribution in [0, 0.1) is 20.8 Å². The SMILES string of the molecule is CCC(=O)Nc1ccccc1-c1nnc(SC(C)C(=O)Nc2c(C)cc(C)cc2C)[nH]c1=O. The van der Waals surface area contributed by atoms with E-state index in [2.05, 4.69) is 25.8 Å². The van der Waals surface area contributed by atoms with Gasteiger partial charge in [0.1, 0.15) is 0 Å². The summed E-state index contributed by atoms with van der Waals surface area (Å²) >= 11 is 1.11. The van der Waals surface area contributed by atoms with Crippen molar-refractivity contribution in [3.05, 3.63) is 63.4 Å². The number of benzene rings is 2. The van der Waals surface area contributed by atoms with Gasteiger partial charge in [0, 0.05) is 17.7 Å². The second kappa shape index (κ2) is 10.4. The van der Waals surface area contributed by atoms with Crippen LogP contribution < -0.4 is 16.2 Å². The number of amides is 2. The van der Waals surface area contributed by atoms with E-state index in [0.29, 0.717) is 17.7 Å². The van der Waals surface area contributed by atoms with Gasteiger partial charge < -0.3 is 10.6 Å². The summed E-state index contributed by atoms with van der Waals surface area (Å²) in [4.78, 5) is 40.0. The molecule has 172 valence electrons. The predicted octanol–water partition coefficient (Wildman–Crippen LogP) is 4.22. The molecule has 0 saturated heterocycles. The van der Waals surface area contributed by atoms with Crippen LogP contribution in [0.1, 0.15) is 37.0 Å². The lowest BCUT2D eigenvalue weighted by Gasteiger charge is -2.16. The molecule has 3 aromatic rings. The van der Waals surface area contributed by atoms with Gasteiger partial charge in [-0.05, 0) is 44.9 Å². The summed E-state index contributed by atoms with van der Waals surface area (Å²) in [5.74, 6) is -0.368. The second-order valence-corrected chi connectivity index (χ2v) is 9.11. The molecule has 3 rings (SSSR count). The fourth-order valence-electron chi connectivity index (χ4n) is 3.41. The number of hydrogen-bond donors (Lipinski definition) is 3. The summed E-state index contributed by atoms with van der Waals surface area (Å²) in [5, 5.41) is 13.6. The molecule has 2 amide bonds. The molecule has 1 atom stereocenters. The minimum absolute atomic E-state index is 0.0920. The maximum atomic E-state index is 12.7. The van der Waals surface area contributed by atoms with Crippen molar-refractivity contribution >= 4 is 35.0 Å². The van der Waals surface area contributed by atoms with E-state index >= 15 is 0 Å². The molecule has 0 spiro atoms. The Kier molecular flexibility index (Phi) is 7.65. The number of rotatable bonds is 7. The molecule has 8 nitrogen and oxygen atoms in total. The highest BCUT2D eigenvalue weighted by Crippen LogP contribution is 2.26. The number of nitrogens with zero attached hydrogens (tertiary/aromatic N) is 2.